The van der Waals surface area contributed by atoms with Crippen LogP contribution in [0.5, 0.6) is 0 Å². The van der Waals surface area contributed by atoms with Gasteiger partial charge < -0.3 is 42.1 Å². The highest BCUT2D eigenvalue weighted by atomic mass is 16.4. The van der Waals surface area contributed by atoms with Gasteiger partial charge in [-0.05, 0) is 19.3 Å². The smallest absolute Gasteiger partial charge is 0.328 e. The highest BCUT2D eigenvalue weighted by Gasteiger charge is 2.32. The second-order valence-electron chi connectivity index (χ2n) is 7.20. The Morgan fingerprint density at radius 1 is 0.867 bits per heavy atom. The molecule has 0 aliphatic rings. The zero-order valence-corrected chi connectivity index (χ0v) is 17.0. The molecule has 0 fully saturated rings. The monoisotopic (exact) mass is 434 g/mol. The van der Waals surface area contributed by atoms with Crippen LogP contribution in [-0.4, -0.2) is 87.0 Å². The molecule has 0 aromatic carbocycles. The van der Waals surface area contributed by atoms with Gasteiger partial charge in [-0.3, -0.25) is 19.2 Å². The van der Waals surface area contributed by atoms with E-state index < -0.39 is 73.0 Å². The van der Waals surface area contributed by atoms with E-state index in [2.05, 4.69) is 16.0 Å². The maximum atomic E-state index is 12.5. The van der Waals surface area contributed by atoms with Crippen molar-refractivity contribution in [3.63, 3.8) is 0 Å². The summed E-state index contributed by atoms with van der Waals surface area (Å²) >= 11 is 0. The fraction of sp³-hybridized carbons (Fsp3) is 0.706. The van der Waals surface area contributed by atoms with Crippen LogP contribution in [0, 0.1) is 5.92 Å². The molecule has 0 aliphatic carbocycles. The molecule has 30 heavy (non-hydrogen) atoms. The predicted molar refractivity (Wildman–Crippen MR) is 102 cm³/mol. The largest absolute Gasteiger partial charge is 0.481 e. The first-order valence-electron chi connectivity index (χ1n) is 9.20. The molecule has 3 amide bonds. The van der Waals surface area contributed by atoms with Crippen molar-refractivity contribution in [2.24, 2.45) is 11.7 Å². The van der Waals surface area contributed by atoms with Crippen molar-refractivity contribution >= 4 is 29.7 Å². The number of carboxylic acid groups (broad SMARTS) is 2. The van der Waals surface area contributed by atoms with Crippen LogP contribution in [0.2, 0.25) is 0 Å². The van der Waals surface area contributed by atoms with E-state index in [0.29, 0.717) is 0 Å². The zero-order chi connectivity index (χ0) is 23.6. The molecule has 0 aromatic rings. The summed E-state index contributed by atoms with van der Waals surface area (Å²) in [7, 11) is 0. The number of rotatable bonds is 13. The SMILES string of the molecule is CC(C)CC(NC(=O)C(CO)NC(=O)C(N)CC(=O)O)C(=O)NC(C(=O)O)C(C)O. The summed E-state index contributed by atoms with van der Waals surface area (Å²) in [5.41, 5.74) is 5.40. The number of carboxylic acids is 2. The maximum Gasteiger partial charge on any atom is 0.328 e. The third-order valence-electron chi connectivity index (χ3n) is 3.93. The lowest BCUT2D eigenvalue weighted by Gasteiger charge is -2.26. The number of hydrogen-bond donors (Lipinski definition) is 8. The molecule has 0 saturated heterocycles. The van der Waals surface area contributed by atoms with Gasteiger partial charge in [0.15, 0.2) is 6.04 Å². The van der Waals surface area contributed by atoms with Gasteiger partial charge in [-0.1, -0.05) is 13.8 Å². The fourth-order valence-corrected chi connectivity index (χ4v) is 2.37. The van der Waals surface area contributed by atoms with E-state index >= 15 is 0 Å². The molecule has 0 spiro atoms. The Kier molecular flexibility index (Phi) is 11.5. The molecule has 5 atom stereocenters. The molecule has 0 aromatic heterocycles. The van der Waals surface area contributed by atoms with Crippen molar-refractivity contribution in [2.45, 2.75) is 63.9 Å². The minimum absolute atomic E-state index is 0.0916. The molecule has 0 radical (unpaired) electrons. The molecule has 0 aliphatic heterocycles. The topological polar surface area (TPSA) is 228 Å². The molecule has 13 nitrogen and oxygen atoms in total. The minimum atomic E-state index is -1.61. The van der Waals surface area contributed by atoms with E-state index in [4.69, 9.17) is 15.9 Å². The average molecular weight is 434 g/mol. The van der Waals surface area contributed by atoms with Gasteiger partial charge in [-0.25, -0.2) is 4.79 Å². The second kappa shape index (κ2) is 12.7. The van der Waals surface area contributed by atoms with Crippen molar-refractivity contribution in [2.75, 3.05) is 6.61 Å². The van der Waals surface area contributed by atoms with Crippen LogP contribution >= 0.6 is 0 Å². The molecule has 9 N–H and O–H groups in total. The zero-order valence-electron chi connectivity index (χ0n) is 17.0. The number of aliphatic carboxylic acids is 2. The van der Waals surface area contributed by atoms with Crippen molar-refractivity contribution in [3.8, 4) is 0 Å². The lowest BCUT2D eigenvalue weighted by atomic mass is 10.0. The van der Waals surface area contributed by atoms with Gasteiger partial charge in [0.05, 0.1) is 25.2 Å². The summed E-state index contributed by atoms with van der Waals surface area (Å²) in [6, 6.07) is -5.81. The van der Waals surface area contributed by atoms with Crippen molar-refractivity contribution in [3.05, 3.63) is 0 Å². The van der Waals surface area contributed by atoms with Gasteiger partial charge in [-0.15, -0.1) is 0 Å². The Labute approximate surface area is 173 Å². The van der Waals surface area contributed by atoms with Gasteiger partial charge in [0.2, 0.25) is 17.7 Å². The van der Waals surface area contributed by atoms with E-state index in [1.807, 2.05) is 0 Å². The van der Waals surface area contributed by atoms with Crippen LogP contribution in [0.4, 0.5) is 0 Å². The highest BCUT2D eigenvalue weighted by Crippen LogP contribution is 2.07. The van der Waals surface area contributed by atoms with Crippen LogP contribution in [0.15, 0.2) is 0 Å². The van der Waals surface area contributed by atoms with Crippen molar-refractivity contribution in [1.82, 2.24) is 16.0 Å². The lowest BCUT2D eigenvalue weighted by Crippen LogP contribution is -2.59. The summed E-state index contributed by atoms with van der Waals surface area (Å²) < 4.78 is 0. The molecule has 13 heteroatoms. The molecule has 5 unspecified atom stereocenters. The molecule has 0 rings (SSSR count). The Morgan fingerprint density at radius 3 is 1.77 bits per heavy atom. The van der Waals surface area contributed by atoms with Crippen LogP contribution in [0.3, 0.4) is 0 Å². The van der Waals surface area contributed by atoms with Gasteiger partial charge in [0.1, 0.15) is 12.1 Å². The van der Waals surface area contributed by atoms with Gasteiger partial charge in [0.25, 0.3) is 0 Å². The quantitative estimate of drug-likeness (QED) is 0.144. The number of nitrogens with two attached hydrogens (primary N) is 1. The number of carbonyl (C=O) groups is 5. The molecular weight excluding hydrogens is 404 g/mol. The standard InChI is InChI=1S/C17H30N4O9/c1-7(2)4-10(15(27)21-13(8(3)23)17(29)30)19-16(28)11(6-22)20-14(26)9(18)5-12(24)25/h7-11,13,22-23H,4-6,18H2,1-3H3,(H,19,28)(H,20,26)(H,21,27)(H,24,25)(H,29,30). The number of aliphatic hydroxyl groups is 2. The Hall–Kier alpha value is -2.77. The minimum Gasteiger partial charge on any atom is -0.481 e. The Balaban J connectivity index is 5.26. The number of nitrogens with one attached hydrogen (secondary N) is 3. The average Bonchev–Trinajstić information content (AvgIpc) is 2.61. The van der Waals surface area contributed by atoms with Crippen LogP contribution in [-0.2, 0) is 24.0 Å². The van der Waals surface area contributed by atoms with Crippen molar-refractivity contribution < 1.29 is 44.4 Å². The molecule has 0 bridgehead atoms. The van der Waals surface area contributed by atoms with E-state index in [0.717, 1.165) is 0 Å². The van der Waals surface area contributed by atoms with Crippen LogP contribution in [0.1, 0.15) is 33.6 Å². The van der Waals surface area contributed by atoms with E-state index in [-0.39, 0.29) is 12.3 Å². The lowest BCUT2D eigenvalue weighted by molar-refractivity contribution is -0.145. The maximum absolute atomic E-state index is 12.5. The normalized spacial score (nSPS) is 16.0. The number of amides is 3. The van der Waals surface area contributed by atoms with Crippen molar-refractivity contribution in [1.29, 1.82) is 0 Å². The first-order chi connectivity index (χ1) is 13.8. The van der Waals surface area contributed by atoms with E-state index in [1.165, 1.54) is 6.92 Å². The number of aliphatic hydroxyl groups excluding tert-OH is 2. The number of carbonyl (C=O) groups excluding carboxylic acids is 3. The summed E-state index contributed by atoms with van der Waals surface area (Å²) in [6.45, 7) is 3.80. The van der Waals surface area contributed by atoms with Crippen LogP contribution in [0.25, 0.3) is 0 Å². The van der Waals surface area contributed by atoms with Gasteiger partial charge >= 0.3 is 11.9 Å². The summed E-state index contributed by atoms with van der Waals surface area (Å²) in [5.74, 6) is -5.74. The molecule has 172 valence electrons. The summed E-state index contributed by atoms with van der Waals surface area (Å²) in [5, 5.41) is 43.2. The summed E-state index contributed by atoms with van der Waals surface area (Å²) in [6.07, 6.45) is -2.00. The molecule has 0 heterocycles. The Bertz CT molecular complexity index is 639. The van der Waals surface area contributed by atoms with E-state index in [9.17, 15) is 34.2 Å². The molecule has 0 saturated carbocycles. The van der Waals surface area contributed by atoms with Gasteiger partial charge in [0, 0.05) is 0 Å². The second-order valence-corrected chi connectivity index (χ2v) is 7.20. The first-order valence-corrected chi connectivity index (χ1v) is 9.20. The van der Waals surface area contributed by atoms with Crippen LogP contribution < -0.4 is 21.7 Å². The van der Waals surface area contributed by atoms with Gasteiger partial charge in [-0.2, -0.15) is 0 Å². The summed E-state index contributed by atoms with van der Waals surface area (Å²) in [4.78, 5) is 58.5. The number of hydrogen-bond acceptors (Lipinski definition) is 8. The van der Waals surface area contributed by atoms with E-state index in [1.54, 1.807) is 13.8 Å². The predicted octanol–water partition coefficient (Wildman–Crippen LogP) is -3.25. The third-order valence-corrected chi connectivity index (χ3v) is 3.93. The third kappa shape index (κ3) is 9.62. The molecular formula is C17H30N4O9. The highest BCUT2D eigenvalue weighted by molar-refractivity contribution is 5.94. The fourth-order valence-electron chi connectivity index (χ4n) is 2.37. The Morgan fingerprint density at radius 2 is 1.37 bits per heavy atom. The first kappa shape index (κ1) is 27.2.